The van der Waals surface area contributed by atoms with Gasteiger partial charge in [0.2, 0.25) is 0 Å². The number of rotatable bonds is 7. The molecule has 0 bridgehead atoms. The highest BCUT2D eigenvalue weighted by molar-refractivity contribution is 6.30. The van der Waals surface area contributed by atoms with E-state index in [1.807, 2.05) is 0 Å². The SMILES string of the molecule is COc1ncccc1OC(=O)N1CCC(C(CC(C)C)NC(=O)c2ccc(Cl)cc2)CC1. The van der Waals surface area contributed by atoms with E-state index in [9.17, 15) is 9.59 Å². The van der Waals surface area contributed by atoms with E-state index in [1.54, 1.807) is 47.5 Å². The van der Waals surface area contributed by atoms with Gasteiger partial charge in [0, 0.05) is 35.9 Å². The molecule has 2 aromatic rings. The van der Waals surface area contributed by atoms with Crippen molar-refractivity contribution in [2.24, 2.45) is 11.8 Å². The third kappa shape index (κ3) is 6.36. The topological polar surface area (TPSA) is 80.8 Å². The van der Waals surface area contributed by atoms with E-state index in [0.29, 0.717) is 35.3 Å². The first-order valence-corrected chi connectivity index (χ1v) is 11.3. The number of aromatic nitrogens is 1. The lowest BCUT2D eigenvalue weighted by Crippen LogP contribution is -2.47. The molecule has 2 amide bonds. The molecule has 1 aromatic heterocycles. The van der Waals surface area contributed by atoms with E-state index in [2.05, 4.69) is 24.1 Å². The number of carbonyl (C=O) groups is 2. The average Bonchev–Trinajstić information content (AvgIpc) is 2.79. The van der Waals surface area contributed by atoms with Crippen LogP contribution in [0.25, 0.3) is 0 Å². The first-order chi connectivity index (χ1) is 15.4. The molecule has 1 unspecified atom stereocenters. The van der Waals surface area contributed by atoms with E-state index in [-0.39, 0.29) is 23.7 Å². The molecule has 1 saturated heterocycles. The molecule has 1 aliphatic heterocycles. The van der Waals surface area contributed by atoms with Gasteiger partial charge in [0.15, 0.2) is 5.75 Å². The number of methoxy groups -OCH3 is 1. The third-order valence-corrected chi connectivity index (χ3v) is 5.89. The average molecular weight is 460 g/mol. The molecule has 3 rings (SSSR count). The molecule has 1 N–H and O–H groups in total. The summed E-state index contributed by atoms with van der Waals surface area (Å²) in [6.45, 7) is 5.43. The number of likely N-dealkylation sites (tertiary alicyclic amines) is 1. The fourth-order valence-electron chi connectivity index (χ4n) is 3.98. The lowest BCUT2D eigenvalue weighted by molar-refractivity contribution is 0.0870. The van der Waals surface area contributed by atoms with Gasteiger partial charge in [-0.1, -0.05) is 25.4 Å². The van der Waals surface area contributed by atoms with Crippen molar-refractivity contribution in [2.45, 2.75) is 39.2 Å². The van der Waals surface area contributed by atoms with E-state index in [1.165, 1.54) is 7.11 Å². The van der Waals surface area contributed by atoms with Crippen molar-refractivity contribution in [3.05, 3.63) is 53.2 Å². The van der Waals surface area contributed by atoms with Gasteiger partial charge in [-0.25, -0.2) is 9.78 Å². The second kappa shape index (κ2) is 11.2. The Balaban J connectivity index is 1.59. The summed E-state index contributed by atoms with van der Waals surface area (Å²) in [6.07, 6.45) is 3.62. The van der Waals surface area contributed by atoms with Gasteiger partial charge in [-0.05, 0) is 67.5 Å². The first kappa shape index (κ1) is 23.9. The van der Waals surface area contributed by atoms with Crippen LogP contribution in [0.3, 0.4) is 0 Å². The van der Waals surface area contributed by atoms with Crippen LogP contribution in [-0.4, -0.2) is 48.1 Å². The van der Waals surface area contributed by atoms with Gasteiger partial charge in [0.05, 0.1) is 7.11 Å². The highest BCUT2D eigenvalue weighted by Crippen LogP contribution is 2.27. The molecule has 1 aromatic carbocycles. The Bertz CT molecular complexity index is 912. The Morgan fingerprint density at radius 1 is 1.19 bits per heavy atom. The van der Waals surface area contributed by atoms with Gasteiger partial charge in [0.25, 0.3) is 11.8 Å². The zero-order chi connectivity index (χ0) is 23.1. The van der Waals surface area contributed by atoms with E-state index in [0.717, 1.165) is 19.3 Å². The van der Waals surface area contributed by atoms with Crippen molar-refractivity contribution in [2.75, 3.05) is 20.2 Å². The minimum atomic E-state index is -0.416. The van der Waals surface area contributed by atoms with E-state index >= 15 is 0 Å². The summed E-state index contributed by atoms with van der Waals surface area (Å²) < 4.78 is 10.6. The van der Waals surface area contributed by atoms with Crippen molar-refractivity contribution >= 4 is 23.6 Å². The lowest BCUT2D eigenvalue weighted by atomic mass is 9.85. The molecule has 8 heteroatoms. The third-order valence-electron chi connectivity index (χ3n) is 5.64. The van der Waals surface area contributed by atoms with Crippen molar-refractivity contribution in [1.29, 1.82) is 0 Å². The molecule has 1 aliphatic rings. The summed E-state index contributed by atoms with van der Waals surface area (Å²) in [5.74, 6) is 1.20. The summed E-state index contributed by atoms with van der Waals surface area (Å²) in [4.78, 5) is 31.1. The van der Waals surface area contributed by atoms with Gasteiger partial charge >= 0.3 is 6.09 Å². The highest BCUT2D eigenvalue weighted by atomic mass is 35.5. The Morgan fingerprint density at radius 2 is 1.88 bits per heavy atom. The zero-order valence-electron chi connectivity index (χ0n) is 18.7. The highest BCUT2D eigenvalue weighted by Gasteiger charge is 2.31. The van der Waals surface area contributed by atoms with Crippen LogP contribution in [0.1, 0.15) is 43.5 Å². The van der Waals surface area contributed by atoms with Crippen molar-refractivity contribution in [3.8, 4) is 11.6 Å². The van der Waals surface area contributed by atoms with Crippen LogP contribution in [0.2, 0.25) is 5.02 Å². The number of carbonyl (C=O) groups excluding carboxylic acids is 2. The summed E-state index contributed by atoms with van der Waals surface area (Å²) in [6, 6.07) is 10.3. The number of pyridine rings is 1. The smallest absolute Gasteiger partial charge is 0.415 e. The van der Waals surface area contributed by atoms with Gasteiger partial charge in [-0.15, -0.1) is 0 Å². The largest absolute Gasteiger partial charge is 0.478 e. The summed E-state index contributed by atoms with van der Waals surface area (Å²) in [5, 5.41) is 3.81. The molecular weight excluding hydrogens is 430 g/mol. The molecule has 2 heterocycles. The number of nitrogens with one attached hydrogen (secondary N) is 1. The predicted octanol–water partition coefficient (Wildman–Crippen LogP) is 4.80. The maximum atomic E-state index is 12.8. The molecule has 172 valence electrons. The molecule has 1 atom stereocenters. The van der Waals surface area contributed by atoms with Crippen molar-refractivity contribution < 1.29 is 19.1 Å². The van der Waals surface area contributed by atoms with Crippen LogP contribution in [0.4, 0.5) is 4.79 Å². The molecule has 7 nitrogen and oxygen atoms in total. The van der Waals surface area contributed by atoms with Gasteiger partial charge in [-0.2, -0.15) is 0 Å². The summed E-state index contributed by atoms with van der Waals surface area (Å²) in [5.41, 5.74) is 0.592. The maximum Gasteiger partial charge on any atom is 0.415 e. The number of halogens is 1. The minimum absolute atomic E-state index is 0.0368. The maximum absolute atomic E-state index is 12.8. The van der Waals surface area contributed by atoms with Crippen LogP contribution in [0.5, 0.6) is 11.6 Å². The number of piperidine rings is 1. The van der Waals surface area contributed by atoms with Gasteiger partial charge < -0.3 is 19.7 Å². The normalized spacial score (nSPS) is 15.3. The Hall–Kier alpha value is -2.80. The number of amides is 2. The van der Waals surface area contributed by atoms with Crippen molar-refractivity contribution in [3.63, 3.8) is 0 Å². The fraction of sp³-hybridized carbons (Fsp3) is 0.458. The summed E-state index contributed by atoms with van der Waals surface area (Å²) >= 11 is 5.94. The second-order valence-corrected chi connectivity index (χ2v) is 8.86. The molecule has 0 spiro atoms. The monoisotopic (exact) mass is 459 g/mol. The predicted molar refractivity (Wildman–Crippen MR) is 123 cm³/mol. The van der Waals surface area contributed by atoms with E-state index in [4.69, 9.17) is 21.1 Å². The molecule has 32 heavy (non-hydrogen) atoms. The van der Waals surface area contributed by atoms with Crippen LogP contribution >= 0.6 is 11.6 Å². The van der Waals surface area contributed by atoms with Crippen LogP contribution in [0, 0.1) is 11.8 Å². The standard InChI is InChI=1S/C24H30ClN3O4/c1-16(2)15-20(27-22(29)18-6-8-19(25)9-7-18)17-10-13-28(14-11-17)24(30)32-21-5-4-12-26-23(21)31-3/h4-9,12,16-17,20H,10-11,13-15H2,1-3H3,(H,27,29). The number of ether oxygens (including phenoxy) is 2. The quantitative estimate of drug-likeness (QED) is 0.643. The molecular formula is C24H30ClN3O4. The van der Waals surface area contributed by atoms with Crippen molar-refractivity contribution in [1.82, 2.24) is 15.2 Å². The number of hydrogen-bond acceptors (Lipinski definition) is 5. The lowest BCUT2D eigenvalue weighted by Gasteiger charge is -2.36. The number of nitrogens with zero attached hydrogens (tertiary/aromatic N) is 2. The van der Waals surface area contributed by atoms with Gasteiger partial charge in [0.1, 0.15) is 0 Å². The first-order valence-electron chi connectivity index (χ1n) is 10.9. The second-order valence-electron chi connectivity index (χ2n) is 8.42. The Kier molecular flexibility index (Phi) is 8.33. The molecule has 0 saturated carbocycles. The van der Waals surface area contributed by atoms with Crippen LogP contribution in [-0.2, 0) is 0 Å². The summed E-state index contributed by atoms with van der Waals surface area (Å²) in [7, 11) is 1.48. The van der Waals surface area contributed by atoms with Gasteiger partial charge in [-0.3, -0.25) is 4.79 Å². The minimum Gasteiger partial charge on any atom is -0.478 e. The zero-order valence-corrected chi connectivity index (χ0v) is 19.5. The fourth-order valence-corrected chi connectivity index (χ4v) is 4.11. The van der Waals surface area contributed by atoms with Crippen LogP contribution < -0.4 is 14.8 Å². The molecule has 1 fully saturated rings. The number of benzene rings is 1. The Labute approximate surface area is 194 Å². The Morgan fingerprint density at radius 3 is 2.50 bits per heavy atom. The molecule has 0 radical (unpaired) electrons. The number of hydrogen-bond donors (Lipinski definition) is 1. The van der Waals surface area contributed by atoms with Crippen LogP contribution in [0.15, 0.2) is 42.6 Å². The van der Waals surface area contributed by atoms with E-state index < -0.39 is 6.09 Å². The molecule has 0 aliphatic carbocycles.